The highest BCUT2D eigenvalue weighted by Crippen LogP contribution is 2.41. The van der Waals surface area contributed by atoms with Crippen LogP contribution in [0.25, 0.3) is 0 Å². The number of aryl methyl sites for hydroxylation is 1. The van der Waals surface area contributed by atoms with E-state index in [0.717, 1.165) is 25.7 Å². The van der Waals surface area contributed by atoms with Crippen LogP contribution in [-0.2, 0) is 6.42 Å². The SMILES string of the molecule is c1ccc(CCC(CC(CC(c2ccccc2)c2ccccc2)c2ccccc2)c2ccccc2)cc1. The monoisotopic (exact) mass is 480 g/mol. The molecule has 0 saturated heterocycles. The minimum atomic E-state index is 0.359. The van der Waals surface area contributed by atoms with Crippen molar-refractivity contribution in [3.63, 3.8) is 0 Å². The Morgan fingerprint density at radius 3 is 1.19 bits per heavy atom. The zero-order valence-corrected chi connectivity index (χ0v) is 21.5. The first-order chi connectivity index (χ1) is 18.4. The summed E-state index contributed by atoms with van der Waals surface area (Å²) >= 11 is 0. The minimum absolute atomic E-state index is 0.359. The van der Waals surface area contributed by atoms with Gasteiger partial charge in [-0.25, -0.2) is 0 Å². The molecule has 0 saturated carbocycles. The van der Waals surface area contributed by atoms with Gasteiger partial charge in [0.05, 0.1) is 0 Å². The fourth-order valence-corrected chi connectivity index (χ4v) is 5.69. The molecule has 0 fully saturated rings. The fourth-order valence-electron chi connectivity index (χ4n) is 5.69. The van der Waals surface area contributed by atoms with Crippen molar-refractivity contribution in [3.8, 4) is 0 Å². The van der Waals surface area contributed by atoms with E-state index in [1.807, 2.05) is 0 Å². The Hall–Kier alpha value is -3.90. The first kappa shape index (κ1) is 24.8. The van der Waals surface area contributed by atoms with Gasteiger partial charge >= 0.3 is 0 Å². The standard InChI is InChI=1S/C37H36/c1-6-16-30(17-7-1)26-27-35(31-18-8-2-9-19-31)28-36(32-20-10-3-11-21-32)29-37(33-22-12-4-13-23-33)34-24-14-5-15-25-34/h1-25,35-37H,26-29H2. The first-order valence-electron chi connectivity index (χ1n) is 13.6. The quantitative estimate of drug-likeness (QED) is 0.176. The van der Waals surface area contributed by atoms with Crippen molar-refractivity contribution in [2.24, 2.45) is 0 Å². The third kappa shape index (κ3) is 6.86. The zero-order valence-electron chi connectivity index (χ0n) is 21.5. The predicted octanol–water partition coefficient (Wildman–Crippen LogP) is 9.80. The van der Waals surface area contributed by atoms with Crippen LogP contribution in [0.3, 0.4) is 0 Å². The number of benzene rings is 5. The van der Waals surface area contributed by atoms with E-state index in [1.54, 1.807) is 0 Å². The molecule has 37 heavy (non-hydrogen) atoms. The van der Waals surface area contributed by atoms with Gasteiger partial charge in [0.25, 0.3) is 0 Å². The second-order valence-electron chi connectivity index (χ2n) is 10.1. The zero-order chi connectivity index (χ0) is 25.1. The summed E-state index contributed by atoms with van der Waals surface area (Å²) in [6.07, 6.45) is 4.48. The van der Waals surface area contributed by atoms with E-state index < -0.39 is 0 Å². The lowest BCUT2D eigenvalue weighted by atomic mass is 9.75. The van der Waals surface area contributed by atoms with E-state index in [0.29, 0.717) is 17.8 Å². The Morgan fingerprint density at radius 1 is 0.351 bits per heavy atom. The molecule has 5 aromatic rings. The van der Waals surface area contributed by atoms with Crippen LogP contribution in [0.4, 0.5) is 0 Å². The van der Waals surface area contributed by atoms with Gasteiger partial charge in [-0.15, -0.1) is 0 Å². The van der Waals surface area contributed by atoms with Crippen LogP contribution in [0.5, 0.6) is 0 Å². The van der Waals surface area contributed by atoms with Gasteiger partial charge in [0.1, 0.15) is 0 Å². The smallest absolute Gasteiger partial charge is 0.00951 e. The molecule has 0 aliphatic rings. The van der Waals surface area contributed by atoms with Crippen molar-refractivity contribution >= 4 is 0 Å². The first-order valence-corrected chi connectivity index (χ1v) is 13.6. The Balaban J connectivity index is 1.47. The van der Waals surface area contributed by atoms with Crippen molar-refractivity contribution < 1.29 is 0 Å². The molecular formula is C37H36. The van der Waals surface area contributed by atoms with E-state index in [4.69, 9.17) is 0 Å². The topological polar surface area (TPSA) is 0 Å². The summed E-state index contributed by atoms with van der Waals surface area (Å²) in [7, 11) is 0. The fraction of sp³-hybridized carbons (Fsp3) is 0.189. The molecule has 5 rings (SSSR count). The van der Waals surface area contributed by atoms with Gasteiger partial charge in [0.2, 0.25) is 0 Å². The van der Waals surface area contributed by atoms with E-state index in [1.165, 1.54) is 27.8 Å². The van der Waals surface area contributed by atoms with Crippen LogP contribution in [0, 0.1) is 0 Å². The highest BCUT2D eigenvalue weighted by atomic mass is 14.3. The van der Waals surface area contributed by atoms with Crippen LogP contribution in [0.15, 0.2) is 152 Å². The third-order valence-electron chi connectivity index (χ3n) is 7.66. The van der Waals surface area contributed by atoms with Crippen molar-refractivity contribution in [3.05, 3.63) is 179 Å². The summed E-state index contributed by atoms with van der Waals surface area (Å²) < 4.78 is 0. The molecule has 0 aliphatic carbocycles. The normalized spacial score (nSPS) is 12.8. The molecule has 5 aromatic carbocycles. The molecule has 0 aromatic heterocycles. The van der Waals surface area contributed by atoms with E-state index in [-0.39, 0.29) is 0 Å². The van der Waals surface area contributed by atoms with Crippen molar-refractivity contribution in [1.29, 1.82) is 0 Å². The second-order valence-corrected chi connectivity index (χ2v) is 10.1. The van der Waals surface area contributed by atoms with Gasteiger partial charge in [-0.3, -0.25) is 0 Å². The van der Waals surface area contributed by atoms with E-state index in [9.17, 15) is 0 Å². The van der Waals surface area contributed by atoms with Gasteiger partial charge < -0.3 is 0 Å². The van der Waals surface area contributed by atoms with Gasteiger partial charge in [-0.2, -0.15) is 0 Å². The molecule has 0 heteroatoms. The lowest BCUT2D eigenvalue weighted by molar-refractivity contribution is 0.466. The molecule has 0 nitrogen and oxygen atoms in total. The molecule has 2 unspecified atom stereocenters. The predicted molar refractivity (Wildman–Crippen MR) is 157 cm³/mol. The summed E-state index contributed by atoms with van der Waals surface area (Å²) in [5.74, 6) is 1.31. The molecule has 0 bridgehead atoms. The van der Waals surface area contributed by atoms with Crippen molar-refractivity contribution in [2.45, 2.75) is 43.4 Å². The van der Waals surface area contributed by atoms with Crippen LogP contribution in [0.2, 0.25) is 0 Å². The number of rotatable bonds is 11. The summed E-state index contributed by atoms with van der Waals surface area (Å²) in [6.45, 7) is 0. The Bertz CT molecular complexity index is 1260. The van der Waals surface area contributed by atoms with Crippen LogP contribution in [0.1, 0.15) is 64.8 Å². The number of hydrogen-bond acceptors (Lipinski definition) is 0. The minimum Gasteiger partial charge on any atom is -0.0622 e. The summed E-state index contributed by atoms with van der Waals surface area (Å²) in [6, 6.07) is 55.4. The molecular weight excluding hydrogens is 444 g/mol. The Morgan fingerprint density at radius 2 is 0.730 bits per heavy atom. The average molecular weight is 481 g/mol. The highest BCUT2D eigenvalue weighted by molar-refractivity contribution is 5.34. The maximum Gasteiger partial charge on any atom is 0.00951 e. The average Bonchev–Trinajstić information content (AvgIpc) is 2.99. The lowest BCUT2D eigenvalue weighted by Gasteiger charge is -2.29. The molecule has 184 valence electrons. The summed E-state index contributed by atoms with van der Waals surface area (Å²) in [4.78, 5) is 0. The largest absolute Gasteiger partial charge is 0.0622 e. The van der Waals surface area contributed by atoms with Gasteiger partial charge in [0, 0.05) is 5.92 Å². The van der Waals surface area contributed by atoms with Gasteiger partial charge in [-0.05, 0) is 65.3 Å². The van der Waals surface area contributed by atoms with Gasteiger partial charge in [-0.1, -0.05) is 152 Å². The molecule has 2 atom stereocenters. The van der Waals surface area contributed by atoms with Crippen LogP contribution in [-0.4, -0.2) is 0 Å². The van der Waals surface area contributed by atoms with Crippen molar-refractivity contribution in [2.75, 3.05) is 0 Å². The molecule has 0 aliphatic heterocycles. The number of hydrogen-bond donors (Lipinski definition) is 0. The molecule has 0 amide bonds. The lowest BCUT2D eigenvalue weighted by Crippen LogP contribution is -2.13. The van der Waals surface area contributed by atoms with Crippen LogP contribution >= 0.6 is 0 Å². The highest BCUT2D eigenvalue weighted by Gasteiger charge is 2.25. The molecule has 0 radical (unpaired) electrons. The third-order valence-corrected chi connectivity index (χ3v) is 7.66. The van der Waals surface area contributed by atoms with E-state index >= 15 is 0 Å². The summed E-state index contributed by atoms with van der Waals surface area (Å²) in [5, 5.41) is 0. The molecule has 0 N–H and O–H groups in total. The second kappa shape index (κ2) is 12.9. The molecule has 0 spiro atoms. The van der Waals surface area contributed by atoms with Crippen molar-refractivity contribution in [1.82, 2.24) is 0 Å². The van der Waals surface area contributed by atoms with E-state index in [2.05, 4.69) is 152 Å². The Labute approximate surface area is 222 Å². The summed E-state index contributed by atoms with van der Waals surface area (Å²) in [5.41, 5.74) is 7.12. The van der Waals surface area contributed by atoms with Crippen LogP contribution < -0.4 is 0 Å². The maximum absolute atomic E-state index is 2.33. The maximum atomic E-state index is 2.33. The van der Waals surface area contributed by atoms with Gasteiger partial charge in [0.15, 0.2) is 0 Å². The Kier molecular flexibility index (Phi) is 8.62. The molecule has 0 heterocycles.